The van der Waals surface area contributed by atoms with Crippen molar-refractivity contribution < 1.29 is 29.5 Å². The van der Waals surface area contributed by atoms with Gasteiger partial charge in [0.2, 0.25) is 0 Å². The molecule has 0 aromatic heterocycles. The third kappa shape index (κ3) is 3.79. The Morgan fingerprint density at radius 2 is 1.62 bits per heavy atom. The van der Waals surface area contributed by atoms with Crippen molar-refractivity contribution in [1.82, 2.24) is 0 Å². The number of nitrogens with zero attached hydrogens (tertiary/aromatic N) is 2. The van der Waals surface area contributed by atoms with Gasteiger partial charge in [0.25, 0.3) is 17.4 Å². The lowest BCUT2D eigenvalue weighted by Gasteiger charge is -2.25. The SMILES string of the molecule is Cc1ccc(C(O)=C2C(=O)C(=O)N(c3cccc(C(=O)O)c3)[C@@H]2c2ccccc2[N+](=O)[O-])cc1. The van der Waals surface area contributed by atoms with E-state index in [-0.39, 0.29) is 33.6 Å². The first-order chi connectivity index (χ1) is 16.2. The van der Waals surface area contributed by atoms with Crippen LogP contribution in [0.1, 0.15) is 33.1 Å². The molecule has 0 radical (unpaired) electrons. The number of aliphatic hydroxyl groups is 1. The highest BCUT2D eigenvalue weighted by Gasteiger charge is 2.49. The largest absolute Gasteiger partial charge is 0.507 e. The quantitative estimate of drug-likeness (QED) is 0.192. The van der Waals surface area contributed by atoms with Gasteiger partial charge >= 0.3 is 5.97 Å². The number of para-hydroxylation sites is 1. The molecule has 4 rings (SSSR count). The van der Waals surface area contributed by atoms with Crippen molar-refractivity contribution in [2.75, 3.05) is 4.90 Å². The normalized spacial score (nSPS) is 17.1. The van der Waals surface area contributed by atoms with E-state index in [9.17, 15) is 34.7 Å². The second-order valence-electron chi connectivity index (χ2n) is 7.71. The second kappa shape index (κ2) is 8.62. The number of hydrogen-bond acceptors (Lipinski definition) is 6. The molecule has 3 aromatic carbocycles. The Hall–Kier alpha value is -4.79. The van der Waals surface area contributed by atoms with E-state index in [1.807, 2.05) is 6.92 Å². The average molecular weight is 458 g/mol. The number of benzene rings is 3. The molecule has 3 aromatic rings. The summed E-state index contributed by atoms with van der Waals surface area (Å²) in [6.45, 7) is 1.84. The minimum absolute atomic E-state index is 0.00101. The maximum Gasteiger partial charge on any atom is 0.335 e. The fraction of sp³-hybridized carbons (Fsp3) is 0.0800. The molecule has 1 saturated heterocycles. The summed E-state index contributed by atoms with van der Waals surface area (Å²) in [6.07, 6.45) is 0. The smallest absolute Gasteiger partial charge is 0.335 e. The van der Waals surface area contributed by atoms with Crippen LogP contribution in [0.3, 0.4) is 0 Å². The third-order valence-electron chi connectivity index (χ3n) is 5.57. The van der Waals surface area contributed by atoms with Gasteiger partial charge in [-0.2, -0.15) is 0 Å². The fourth-order valence-corrected chi connectivity index (χ4v) is 3.93. The minimum Gasteiger partial charge on any atom is -0.507 e. The number of aliphatic hydroxyl groups excluding tert-OH is 1. The number of hydrogen-bond donors (Lipinski definition) is 2. The standard InChI is InChI=1S/C25H18N2O7/c1-14-9-11-15(12-10-14)22(28)20-21(18-7-2-3-8-19(18)27(33)34)26(24(30)23(20)29)17-6-4-5-16(13-17)25(31)32/h2-13,21,28H,1H3,(H,31,32)/t21-/m1/s1. The van der Waals surface area contributed by atoms with Crippen LogP contribution in [0.25, 0.3) is 5.76 Å². The number of carbonyl (C=O) groups is 3. The number of amides is 1. The second-order valence-corrected chi connectivity index (χ2v) is 7.71. The summed E-state index contributed by atoms with van der Waals surface area (Å²) >= 11 is 0. The van der Waals surface area contributed by atoms with E-state index in [1.165, 1.54) is 48.5 Å². The van der Waals surface area contributed by atoms with Crippen molar-refractivity contribution in [2.24, 2.45) is 0 Å². The van der Waals surface area contributed by atoms with E-state index in [4.69, 9.17) is 0 Å². The fourth-order valence-electron chi connectivity index (χ4n) is 3.93. The number of carboxylic acids is 1. The monoisotopic (exact) mass is 458 g/mol. The molecule has 1 aliphatic rings. The Bertz CT molecular complexity index is 1380. The van der Waals surface area contributed by atoms with Crippen LogP contribution in [0, 0.1) is 17.0 Å². The van der Waals surface area contributed by atoms with E-state index in [0.717, 1.165) is 10.5 Å². The van der Waals surface area contributed by atoms with Crippen molar-refractivity contribution in [1.29, 1.82) is 0 Å². The highest BCUT2D eigenvalue weighted by Crippen LogP contribution is 2.44. The zero-order valence-corrected chi connectivity index (χ0v) is 17.8. The molecule has 9 heteroatoms. The highest BCUT2D eigenvalue weighted by molar-refractivity contribution is 6.51. The molecule has 9 nitrogen and oxygen atoms in total. The van der Waals surface area contributed by atoms with Gasteiger partial charge in [-0.05, 0) is 31.2 Å². The third-order valence-corrected chi connectivity index (χ3v) is 5.57. The molecule has 1 aliphatic heterocycles. The molecule has 0 unspecified atom stereocenters. The number of rotatable bonds is 5. The van der Waals surface area contributed by atoms with Gasteiger partial charge in [-0.3, -0.25) is 24.6 Å². The van der Waals surface area contributed by atoms with Gasteiger partial charge in [0, 0.05) is 17.3 Å². The Morgan fingerprint density at radius 3 is 2.26 bits per heavy atom. The van der Waals surface area contributed by atoms with Crippen LogP contribution in [-0.2, 0) is 9.59 Å². The van der Waals surface area contributed by atoms with E-state index in [0.29, 0.717) is 0 Å². The summed E-state index contributed by atoms with van der Waals surface area (Å²) in [5.41, 5.74) is 0.380. The van der Waals surface area contributed by atoms with Gasteiger partial charge in [0.1, 0.15) is 11.8 Å². The van der Waals surface area contributed by atoms with Crippen molar-refractivity contribution >= 4 is 34.8 Å². The van der Waals surface area contributed by atoms with Crippen LogP contribution in [0.5, 0.6) is 0 Å². The molecule has 170 valence electrons. The number of ketones is 1. The van der Waals surface area contributed by atoms with Crippen molar-refractivity contribution in [3.63, 3.8) is 0 Å². The molecule has 1 fully saturated rings. The molecule has 34 heavy (non-hydrogen) atoms. The summed E-state index contributed by atoms with van der Waals surface area (Å²) in [5, 5.41) is 32.2. The lowest BCUT2D eigenvalue weighted by atomic mass is 9.93. The van der Waals surface area contributed by atoms with Crippen molar-refractivity contribution in [2.45, 2.75) is 13.0 Å². The Labute approximate surface area is 193 Å². The van der Waals surface area contributed by atoms with Crippen LogP contribution >= 0.6 is 0 Å². The number of carboxylic acid groups (broad SMARTS) is 1. The number of nitro benzene ring substituents is 1. The van der Waals surface area contributed by atoms with Gasteiger partial charge in [-0.15, -0.1) is 0 Å². The molecule has 0 saturated carbocycles. The molecular weight excluding hydrogens is 440 g/mol. The van der Waals surface area contributed by atoms with Gasteiger partial charge in [0.15, 0.2) is 0 Å². The summed E-state index contributed by atoms with van der Waals surface area (Å²) < 4.78 is 0. The van der Waals surface area contributed by atoms with Gasteiger partial charge in [-0.25, -0.2) is 4.79 Å². The molecule has 0 aliphatic carbocycles. The minimum atomic E-state index is -1.35. The van der Waals surface area contributed by atoms with Crippen molar-refractivity contribution in [3.8, 4) is 0 Å². The van der Waals surface area contributed by atoms with Crippen LogP contribution in [0.2, 0.25) is 0 Å². The topological polar surface area (TPSA) is 138 Å². The van der Waals surface area contributed by atoms with Crippen molar-refractivity contribution in [3.05, 3.63) is 111 Å². The maximum absolute atomic E-state index is 13.2. The zero-order valence-electron chi connectivity index (χ0n) is 17.8. The summed E-state index contributed by atoms with van der Waals surface area (Å²) in [4.78, 5) is 49.9. The molecule has 0 spiro atoms. The number of Topliss-reactive ketones (excluding diaryl/α,β-unsaturated/α-hetero) is 1. The van der Waals surface area contributed by atoms with E-state index in [2.05, 4.69) is 0 Å². The molecule has 0 bridgehead atoms. The Morgan fingerprint density at radius 1 is 0.941 bits per heavy atom. The molecular formula is C25H18N2O7. The lowest BCUT2D eigenvalue weighted by molar-refractivity contribution is -0.385. The van der Waals surface area contributed by atoms with E-state index >= 15 is 0 Å². The number of aromatic carboxylic acids is 1. The highest BCUT2D eigenvalue weighted by atomic mass is 16.6. The average Bonchev–Trinajstić information content (AvgIpc) is 3.09. The van der Waals surface area contributed by atoms with E-state index < -0.39 is 34.4 Å². The Kier molecular flexibility index (Phi) is 5.68. The predicted molar refractivity (Wildman–Crippen MR) is 122 cm³/mol. The number of nitro groups is 1. The lowest BCUT2D eigenvalue weighted by Crippen LogP contribution is -2.30. The first-order valence-corrected chi connectivity index (χ1v) is 10.2. The number of carbonyl (C=O) groups excluding carboxylic acids is 2. The molecule has 1 atom stereocenters. The molecule has 1 amide bonds. The van der Waals surface area contributed by atoms with Crippen LogP contribution < -0.4 is 4.90 Å². The maximum atomic E-state index is 13.2. The summed E-state index contributed by atoms with van der Waals surface area (Å²) in [6, 6.07) is 16.1. The zero-order chi connectivity index (χ0) is 24.6. The van der Waals surface area contributed by atoms with Gasteiger partial charge in [0.05, 0.1) is 21.6 Å². The van der Waals surface area contributed by atoms with Crippen LogP contribution in [0.15, 0.2) is 78.4 Å². The van der Waals surface area contributed by atoms with E-state index in [1.54, 1.807) is 24.3 Å². The summed E-state index contributed by atoms with van der Waals surface area (Å²) in [5.74, 6) is -3.82. The van der Waals surface area contributed by atoms with Gasteiger partial charge < -0.3 is 10.2 Å². The number of anilines is 1. The summed E-state index contributed by atoms with van der Waals surface area (Å²) in [7, 11) is 0. The number of aryl methyl sites for hydroxylation is 1. The predicted octanol–water partition coefficient (Wildman–Crippen LogP) is 4.23. The first kappa shape index (κ1) is 22.4. The van der Waals surface area contributed by atoms with Crippen LogP contribution in [0.4, 0.5) is 11.4 Å². The Balaban J connectivity index is 2.02. The molecule has 2 N–H and O–H groups in total. The first-order valence-electron chi connectivity index (χ1n) is 10.2. The molecule has 1 heterocycles. The van der Waals surface area contributed by atoms with Crippen LogP contribution in [-0.4, -0.2) is 32.8 Å². The van der Waals surface area contributed by atoms with Gasteiger partial charge in [-0.1, -0.05) is 48.0 Å².